The Bertz CT molecular complexity index is 1520. The summed E-state index contributed by atoms with van der Waals surface area (Å²) in [7, 11) is 1.58. The largest absolute Gasteiger partial charge is 0.480 e. The molecule has 6 rings (SSSR count). The standard InChI is InChI=1S/C27H27F4N7O/c1-3-36-14-21(27(29,30)31)34-25(36)18-8-5-16(11-19(18)28)13-37-9-4-10-38-22(37)12-20(35-38)23-24(17-6-7-17)32-15-33-26(23)39-2/h5,8,11-12,14-15,17H,3-4,6-7,9-10,13H2,1-2H3. The maximum atomic E-state index is 15.2. The van der Waals surface area contributed by atoms with Gasteiger partial charge in [-0.05, 0) is 43.9 Å². The smallest absolute Gasteiger partial charge is 0.434 e. The second-order valence-electron chi connectivity index (χ2n) is 9.85. The number of halogens is 4. The second-order valence-corrected chi connectivity index (χ2v) is 9.85. The van der Waals surface area contributed by atoms with Crippen molar-refractivity contribution in [2.75, 3.05) is 18.6 Å². The fourth-order valence-electron chi connectivity index (χ4n) is 5.15. The summed E-state index contributed by atoms with van der Waals surface area (Å²) in [6.45, 7) is 3.84. The number of rotatable bonds is 7. The summed E-state index contributed by atoms with van der Waals surface area (Å²) < 4.78 is 63.6. The number of hydrogen-bond donors (Lipinski definition) is 0. The van der Waals surface area contributed by atoms with E-state index in [2.05, 4.69) is 19.9 Å². The molecule has 0 amide bonds. The lowest BCUT2D eigenvalue weighted by atomic mass is 10.1. The van der Waals surface area contributed by atoms with Gasteiger partial charge in [0.2, 0.25) is 5.88 Å². The lowest BCUT2D eigenvalue weighted by Crippen LogP contribution is -2.31. The minimum Gasteiger partial charge on any atom is -0.480 e. The zero-order valence-corrected chi connectivity index (χ0v) is 21.5. The topological polar surface area (TPSA) is 73.9 Å². The molecule has 39 heavy (non-hydrogen) atoms. The average molecular weight is 542 g/mol. The van der Waals surface area contributed by atoms with Gasteiger partial charge in [-0.1, -0.05) is 6.07 Å². The van der Waals surface area contributed by atoms with Crippen LogP contribution in [0.15, 0.2) is 36.8 Å². The first-order valence-electron chi connectivity index (χ1n) is 12.9. The van der Waals surface area contributed by atoms with E-state index >= 15 is 4.39 Å². The zero-order chi connectivity index (χ0) is 27.3. The van der Waals surface area contributed by atoms with Gasteiger partial charge in [0.15, 0.2) is 5.69 Å². The van der Waals surface area contributed by atoms with Crippen molar-refractivity contribution < 1.29 is 22.3 Å². The van der Waals surface area contributed by atoms with Gasteiger partial charge in [0.1, 0.15) is 29.5 Å². The zero-order valence-electron chi connectivity index (χ0n) is 21.5. The van der Waals surface area contributed by atoms with E-state index in [0.717, 1.165) is 61.3 Å². The van der Waals surface area contributed by atoms with Crippen molar-refractivity contribution in [2.24, 2.45) is 0 Å². The molecule has 12 heteroatoms. The van der Waals surface area contributed by atoms with Crippen LogP contribution in [0.2, 0.25) is 0 Å². The molecule has 8 nitrogen and oxygen atoms in total. The number of imidazole rings is 1. The minimum absolute atomic E-state index is 0.0332. The molecule has 1 aliphatic heterocycles. The molecule has 1 saturated carbocycles. The first-order valence-corrected chi connectivity index (χ1v) is 12.9. The quantitative estimate of drug-likeness (QED) is 0.281. The number of ether oxygens (including phenoxy) is 1. The molecule has 0 N–H and O–H groups in total. The molecule has 3 aromatic heterocycles. The summed E-state index contributed by atoms with van der Waals surface area (Å²) in [4.78, 5) is 14.6. The highest BCUT2D eigenvalue weighted by atomic mass is 19.4. The van der Waals surface area contributed by atoms with Crippen LogP contribution >= 0.6 is 0 Å². The van der Waals surface area contributed by atoms with Crippen LogP contribution in [0.4, 0.5) is 23.4 Å². The molecule has 0 spiro atoms. The Labute approximate surface area is 222 Å². The summed E-state index contributed by atoms with van der Waals surface area (Å²) in [5.41, 5.74) is 2.18. The SMILES string of the molecule is CCn1cc(C(F)(F)F)nc1-c1ccc(CN2CCCn3nc(-c4c(OC)ncnc4C4CC4)cc32)cc1F. The number of hydrogen-bond acceptors (Lipinski definition) is 6. The van der Waals surface area contributed by atoms with Gasteiger partial charge < -0.3 is 14.2 Å². The molecule has 4 heterocycles. The van der Waals surface area contributed by atoms with Crippen LogP contribution in [0.25, 0.3) is 22.6 Å². The molecule has 0 saturated heterocycles. The van der Waals surface area contributed by atoms with Gasteiger partial charge in [0.25, 0.3) is 0 Å². The van der Waals surface area contributed by atoms with E-state index in [1.165, 1.54) is 23.0 Å². The van der Waals surface area contributed by atoms with Crippen molar-refractivity contribution in [3.05, 3.63) is 59.6 Å². The number of alkyl halides is 3. The maximum Gasteiger partial charge on any atom is 0.434 e. The molecule has 1 aliphatic carbocycles. The van der Waals surface area contributed by atoms with Crippen molar-refractivity contribution in [3.8, 4) is 28.5 Å². The van der Waals surface area contributed by atoms with Crippen molar-refractivity contribution in [2.45, 2.75) is 57.9 Å². The fraction of sp³-hybridized carbons (Fsp3) is 0.407. The first-order chi connectivity index (χ1) is 18.8. The van der Waals surface area contributed by atoms with Crippen LogP contribution in [0.3, 0.4) is 0 Å². The van der Waals surface area contributed by atoms with E-state index in [1.54, 1.807) is 20.1 Å². The molecular formula is C27H27F4N7O. The van der Waals surface area contributed by atoms with E-state index in [9.17, 15) is 13.2 Å². The van der Waals surface area contributed by atoms with Crippen LogP contribution in [-0.2, 0) is 25.8 Å². The van der Waals surface area contributed by atoms with E-state index in [1.807, 2.05) is 10.7 Å². The number of aromatic nitrogens is 6. The van der Waals surface area contributed by atoms with E-state index in [4.69, 9.17) is 9.84 Å². The Balaban J connectivity index is 1.29. The number of anilines is 1. The lowest BCUT2D eigenvalue weighted by molar-refractivity contribution is -0.140. The van der Waals surface area contributed by atoms with Crippen molar-refractivity contribution >= 4 is 5.82 Å². The van der Waals surface area contributed by atoms with Gasteiger partial charge in [0.05, 0.1) is 23.9 Å². The van der Waals surface area contributed by atoms with Gasteiger partial charge in [-0.25, -0.2) is 24.0 Å². The van der Waals surface area contributed by atoms with Crippen LogP contribution in [0, 0.1) is 5.82 Å². The van der Waals surface area contributed by atoms with Crippen LogP contribution in [0.1, 0.15) is 49.1 Å². The predicted octanol–water partition coefficient (Wildman–Crippen LogP) is 5.68. The number of fused-ring (bicyclic) bond motifs is 1. The second kappa shape index (κ2) is 9.65. The lowest BCUT2D eigenvalue weighted by Gasteiger charge is -2.29. The van der Waals surface area contributed by atoms with Crippen molar-refractivity contribution in [3.63, 3.8) is 0 Å². The molecule has 2 aliphatic rings. The third-order valence-corrected chi connectivity index (χ3v) is 7.19. The summed E-state index contributed by atoms with van der Waals surface area (Å²) >= 11 is 0. The first kappa shape index (κ1) is 25.3. The number of methoxy groups -OCH3 is 1. The highest BCUT2D eigenvalue weighted by Gasteiger charge is 2.35. The predicted molar refractivity (Wildman–Crippen MR) is 136 cm³/mol. The van der Waals surface area contributed by atoms with Crippen LogP contribution < -0.4 is 9.64 Å². The number of benzene rings is 1. The van der Waals surface area contributed by atoms with Gasteiger partial charge in [-0.2, -0.15) is 18.3 Å². The number of nitrogens with zero attached hydrogens (tertiary/aromatic N) is 7. The summed E-state index contributed by atoms with van der Waals surface area (Å²) in [5, 5.41) is 4.84. The highest BCUT2D eigenvalue weighted by molar-refractivity contribution is 5.71. The fourth-order valence-corrected chi connectivity index (χ4v) is 5.15. The van der Waals surface area contributed by atoms with E-state index in [-0.39, 0.29) is 17.9 Å². The Morgan fingerprint density at radius 1 is 1.10 bits per heavy atom. The normalized spacial score (nSPS) is 15.5. The molecule has 0 bridgehead atoms. The molecule has 1 aromatic carbocycles. The van der Waals surface area contributed by atoms with Gasteiger partial charge in [-0.3, -0.25) is 0 Å². The number of aryl methyl sites for hydroxylation is 2. The molecule has 0 unspecified atom stereocenters. The monoisotopic (exact) mass is 541 g/mol. The Kier molecular flexibility index (Phi) is 6.27. The molecule has 204 valence electrons. The third-order valence-electron chi connectivity index (χ3n) is 7.19. The minimum atomic E-state index is -4.60. The van der Waals surface area contributed by atoms with E-state index in [0.29, 0.717) is 23.9 Å². The van der Waals surface area contributed by atoms with Gasteiger partial charge in [0, 0.05) is 44.4 Å². The molecule has 4 aromatic rings. The van der Waals surface area contributed by atoms with E-state index < -0.39 is 17.7 Å². The molecular weight excluding hydrogens is 514 g/mol. The summed E-state index contributed by atoms with van der Waals surface area (Å²) in [6.07, 6.45) is 0.844. The van der Waals surface area contributed by atoms with Crippen LogP contribution in [-0.4, -0.2) is 43.0 Å². The Hall–Kier alpha value is -3.96. The van der Waals surface area contributed by atoms with Gasteiger partial charge in [-0.15, -0.1) is 0 Å². The van der Waals surface area contributed by atoms with Crippen molar-refractivity contribution in [1.29, 1.82) is 0 Å². The maximum absolute atomic E-state index is 15.2. The summed E-state index contributed by atoms with van der Waals surface area (Å²) in [5.74, 6) is 1.10. The highest BCUT2D eigenvalue weighted by Crippen LogP contribution is 2.46. The molecule has 0 atom stereocenters. The Morgan fingerprint density at radius 3 is 2.62 bits per heavy atom. The molecule has 1 fully saturated rings. The Morgan fingerprint density at radius 2 is 1.92 bits per heavy atom. The average Bonchev–Trinajstić information content (AvgIpc) is 3.51. The summed E-state index contributed by atoms with van der Waals surface area (Å²) in [6, 6.07) is 6.59. The van der Waals surface area contributed by atoms with Crippen molar-refractivity contribution in [1.82, 2.24) is 29.3 Å². The molecule has 0 radical (unpaired) electrons. The van der Waals surface area contributed by atoms with Gasteiger partial charge >= 0.3 is 6.18 Å². The third kappa shape index (κ3) is 4.72. The van der Waals surface area contributed by atoms with Crippen LogP contribution in [0.5, 0.6) is 5.88 Å².